The van der Waals surface area contributed by atoms with Gasteiger partial charge in [-0.25, -0.2) is 0 Å². The van der Waals surface area contributed by atoms with E-state index < -0.39 is 0 Å². The number of carbonyl (C=O) groups is 1. The summed E-state index contributed by atoms with van der Waals surface area (Å²) in [7, 11) is 1.54. The van der Waals surface area contributed by atoms with E-state index in [4.69, 9.17) is 4.74 Å². The predicted octanol–water partition coefficient (Wildman–Crippen LogP) is 2.42. The van der Waals surface area contributed by atoms with Gasteiger partial charge in [0.05, 0.1) is 13.2 Å². The van der Waals surface area contributed by atoms with Gasteiger partial charge >= 0.3 is 0 Å². The lowest BCUT2D eigenvalue weighted by Crippen LogP contribution is -2.38. The predicted molar refractivity (Wildman–Crippen MR) is 73.3 cm³/mol. The molecule has 0 radical (unpaired) electrons. The van der Waals surface area contributed by atoms with Crippen LogP contribution in [-0.2, 0) is 11.2 Å². The van der Waals surface area contributed by atoms with E-state index in [1.54, 1.807) is 19.1 Å². The van der Waals surface area contributed by atoms with E-state index in [1.807, 2.05) is 11.0 Å². The van der Waals surface area contributed by atoms with E-state index in [0.717, 1.165) is 17.5 Å². The molecule has 1 atom stereocenters. The van der Waals surface area contributed by atoms with Gasteiger partial charge in [-0.05, 0) is 36.1 Å². The molecule has 19 heavy (non-hydrogen) atoms. The van der Waals surface area contributed by atoms with Crippen molar-refractivity contribution in [3.63, 3.8) is 0 Å². The lowest BCUT2D eigenvalue weighted by Gasteiger charge is -2.36. The molecular weight excluding hydrogens is 242 g/mol. The van der Waals surface area contributed by atoms with Crippen molar-refractivity contribution in [2.75, 3.05) is 13.7 Å². The van der Waals surface area contributed by atoms with Gasteiger partial charge in [-0.3, -0.25) is 4.79 Å². The minimum Gasteiger partial charge on any atom is -0.504 e. The van der Waals surface area contributed by atoms with Crippen LogP contribution in [0, 0.1) is 0 Å². The topological polar surface area (TPSA) is 49.8 Å². The van der Waals surface area contributed by atoms with Gasteiger partial charge < -0.3 is 14.7 Å². The molecule has 1 aliphatic rings. The SMILES string of the molecule is C=CCC1c2cc(O)c(OC)cc2CCN1C(C)=O. The summed E-state index contributed by atoms with van der Waals surface area (Å²) in [5, 5.41) is 9.92. The number of nitrogens with zero attached hydrogens (tertiary/aromatic N) is 1. The average molecular weight is 261 g/mol. The van der Waals surface area contributed by atoms with Gasteiger partial charge in [-0.2, -0.15) is 0 Å². The maximum atomic E-state index is 11.7. The highest BCUT2D eigenvalue weighted by Gasteiger charge is 2.29. The molecule has 1 unspecified atom stereocenters. The lowest BCUT2D eigenvalue weighted by atomic mass is 9.90. The first-order valence-electron chi connectivity index (χ1n) is 6.36. The molecule has 1 N–H and O–H groups in total. The van der Waals surface area contributed by atoms with Crippen LogP contribution in [-0.4, -0.2) is 29.6 Å². The Balaban J connectivity index is 2.47. The molecule has 4 heteroatoms. The van der Waals surface area contributed by atoms with Crippen LogP contribution in [0.4, 0.5) is 0 Å². The van der Waals surface area contributed by atoms with E-state index in [0.29, 0.717) is 18.7 Å². The Bertz CT molecular complexity index is 510. The van der Waals surface area contributed by atoms with Gasteiger partial charge in [-0.1, -0.05) is 6.08 Å². The van der Waals surface area contributed by atoms with Crippen molar-refractivity contribution in [2.24, 2.45) is 0 Å². The number of phenols is 1. The highest BCUT2D eigenvalue weighted by atomic mass is 16.5. The molecule has 102 valence electrons. The molecule has 0 fully saturated rings. The van der Waals surface area contributed by atoms with Crippen LogP contribution in [0.15, 0.2) is 24.8 Å². The normalized spacial score (nSPS) is 17.8. The Labute approximate surface area is 113 Å². The molecule has 0 saturated carbocycles. The summed E-state index contributed by atoms with van der Waals surface area (Å²) in [6, 6.07) is 3.52. The largest absolute Gasteiger partial charge is 0.504 e. The molecule has 1 aromatic rings. The highest BCUT2D eigenvalue weighted by molar-refractivity contribution is 5.74. The third kappa shape index (κ3) is 2.43. The molecule has 1 aromatic carbocycles. The van der Waals surface area contributed by atoms with Gasteiger partial charge in [-0.15, -0.1) is 6.58 Å². The summed E-state index contributed by atoms with van der Waals surface area (Å²) in [4.78, 5) is 13.5. The standard InChI is InChI=1S/C15H19NO3/c1-4-5-13-12-9-14(18)15(19-3)8-11(12)6-7-16(13)10(2)17/h4,8-9,13,18H,1,5-7H2,2-3H3. The zero-order valence-corrected chi connectivity index (χ0v) is 11.3. The summed E-state index contributed by atoms with van der Waals surface area (Å²) >= 11 is 0. The summed E-state index contributed by atoms with van der Waals surface area (Å²) < 4.78 is 5.13. The maximum Gasteiger partial charge on any atom is 0.219 e. The maximum absolute atomic E-state index is 11.7. The minimum absolute atomic E-state index is 0.0458. The number of fused-ring (bicyclic) bond motifs is 1. The van der Waals surface area contributed by atoms with Crippen LogP contribution < -0.4 is 4.74 Å². The number of hydrogen-bond donors (Lipinski definition) is 1. The highest BCUT2D eigenvalue weighted by Crippen LogP contribution is 2.38. The second kappa shape index (κ2) is 5.34. The average Bonchev–Trinajstić information content (AvgIpc) is 2.38. The second-order valence-electron chi connectivity index (χ2n) is 4.73. The number of rotatable bonds is 3. The number of ether oxygens (including phenoxy) is 1. The molecule has 0 saturated heterocycles. The Morgan fingerprint density at radius 1 is 1.63 bits per heavy atom. The van der Waals surface area contributed by atoms with Gasteiger partial charge in [0.1, 0.15) is 0 Å². The Morgan fingerprint density at radius 2 is 2.37 bits per heavy atom. The summed E-state index contributed by atoms with van der Waals surface area (Å²) in [5.41, 5.74) is 2.11. The molecule has 0 aliphatic carbocycles. The fourth-order valence-corrected chi connectivity index (χ4v) is 2.67. The molecule has 4 nitrogen and oxygen atoms in total. The molecule has 1 aliphatic heterocycles. The number of aromatic hydroxyl groups is 1. The number of amides is 1. The first-order valence-corrected chi connectivity index (χ1v) is 6.36. The van der Waals surface area contributed by atoms with Crippen molar-refractivity contribution in [1.29, 1.82) is 0 Å². The van der Waals surface area contributed by atoms with Crippen molar-refractivity contribution in [3.05, 3.63) is 35.9 Å². The van der Waals surface area contributed by atoms with Crippen molar-refractivity contribution >= 4 is 5.91 Å². The van der Waals surface area contributed by atoms with Crippen LogP contribution in [0.3, 0.4) is 0 Å². The number of carbonyl (C=O) groups excluding carboxylic acids is 1. The smallest absolute Gasteiger partial charge is 0.219 e. The first-order chi connectivity index (χ1) is 9.08. The Morgan fingerprint density at radius 3 is 2.95 bits per heavy atom. The Hall–Kier alpha value is -1.97. The van der Waals surface area contributed by atoms with Crippen LogP contribution in [0.2, 0.25) is 0 Å². The number of benzene rings is 1. The second-order valence-corrected chi connectivity index (χ2v) is 4.73. The fraction of sp³-hybridized carbons (Fsp3) is 0.400. The van der Waals surface area contributed by atoms with Crippen molar-refractivity contribution in [2.45, 2.75) is 25.8 Å². The van der Waals surface area contributed by atoms with E-state index in [-0.39, 0.29) is 17.7 Å². The molecule has 1 amide bonds. The minimum atomic E-state index is -0.0458. The molecule has 0 bridgehead atoms. The van der Waals surface area contributed by atoms with Crippen molar-refractivity contribution in [1.82, 2.24) is 4.90 Å². The van der Waals surface area contributed by atoms with Crippen LogP contribution in [0.5, 0.6) is 11.5 Å². The zero-order valence-electron chi connectivity index (χ0n) is 11.3. The third-order valence-corrected chi connectivity index (χ3v) is 3.59. The number of hydrogen-bond acceptors (Lipinski definition) is 3. The molecule has 2 rings (SSSR count). The third-order valence-electron chi connectivity index (χ3n) is 3.59. The van der Waals surface area contributed by atoms with E-state index in [2.05, 4.69) is 6.58 Å². The molecule has 1 heterocycles. The van der Waals surface area contributed by atoms with E-state index in [9.17, 15) is 9.90 Å². The fourth-order valence-electron chi connectivity index (χ4n) is 2.67. The molecule has 0 spiro atoms. The van der Waals surface area contributed by atoms with Crippen molar-refractivity contribution < 1.29 is 14.6 Å². The van der Waals surface area contributed by atoms with Gasteiger partial charge in [0.25, 0.3) is 0 Å². The van der Waals surface area contributed by atoms with Gasteiger partial charge in [0.2, 0.25) is 5.91 Å². The van der Waals surface area contributed by atoms with Gasteiger partial charge in [0.15, 0.2) is 11.5 Å². The Kier molecular flexibility index (Phi) is 3.79. The monoisotopic (exact) mass is 261 g/mol. The molecular formula is C15H19NO3. The van der Waals surface area contributed by atoms with Gasteiger partial charge in [0, 0.05) is 13.5 Å². The summed E-state index contributed by atoms with van der Waals surface area (Å²) in [6.07, 6.45) is 3.26. The molecule has 0 aromatic heterocycles. The van der Waals surface area contributed by atoms with Crippen LogP contribution in [0.25, 0.3) is 0 Å². The lowest BCUT2D eigenvalue weighted by molar-refractivity contribution is -0.131. The summed E-state index contributed by atoms with van der Waals surface area (Å²) in [6.45, 7) is 6.02. The van der Waals surface area contributed by atoms with E-state index in [1.165, 1.54) is 7.11 Å². The number of phenolic OH excluding ortho intramolecular Hbond substituents is 1. The summed E-state index contributed by atoms with van der Waals surface area (Å²) in [5.74, 6) is 0.640. The quantitative estimate of drug-likeness (QED) is 0.850. The first kappa shape index (κ1) is 13.5. The van der Waals surface area contributed by atoms with E-state index >= 15 is 0 Å². The van der Waals surface area contributed by atoms with Crippen LogP contribution in [0.1, 0.15) is 30.5 Å². The van der Waals surface area contributed by atoms with Crippen molar-refractivity contribution in [3.8, 4) is 11.5 Å². The zero-order chi connectivity index (χ0) is 14.0. The number of methoxy groups -OCH3 is 1. The van der Waals surface area contributed by atoms with Crippen LogP contribution >= 0.6 is 0 Å².